The zero-order valence-corrected chi connectivity index (χ0v) is 14.9. The molecule has 0 aromatic rings. The van der Waals surface area contributed by atoms with Gasteiger partial charge in [0.2, 0.25) is 0 Å². The first kappa shape index (κ1) is 21.6. The van der Waals surface area contributed by atoms with Gasteiger partial charge in [0.1, 0.15) is 5.76 Å². The lowest BCUT2D eigenvalue weighted by molar-refractivity contribution is -0.0525. The number of halogens is 3. The quantitative estimate of drug-likeness (QED) is 0.141. The molecule has 25 heavy (non-hydrogen) atoms. The van der Waals surface area contributed by atoms with Crippen molar-refractivity contribution < 1.29 is 25.8 Å². The molecular formula is C14H23F3N4O3S. The molecule has 1 rings (SSSR count). The summed E-state index contributed by atoms with van der Waals surface area (Å²) < 4.78 is 63.3. The van der Waals surface area contributed by atoms with Crippen LogP contribution in [0.25, 0.3) is 10.4 Å². The highest BCUT2D eigenvalue weighted by atomic mass is 32.2. The topological polar surface area (TPSA) is 95.4 Å². The Hall–Kier alpha value is -1.45. The zero-order chi connectivity index (χ0) is 18.9. The van der Waals surface area contributed by atoms with Crippen LogP contribution in [0.2, 0.25) is 0 Å². The monoisotopic (exact) mass is 384 g/mol. The van der Waals surface area contributed by atoms with Gasteiger partial charge in [0.15, 0.2) is 0 Å². The fraction of sp³-hybridized carbons (Fsp3) is 0.857. The molecule has 0 saturated carbocycles. The zero-order valence-electron chi connectivity index (χ0n) is 14.1. The normalized spacial score (nSPS) is 18.6. The minimum Gasteiger partial charge on any atom is -0.381 e. The highest BCUT2D eigenvalue weighted by molar-refractivity contribution is 7.87. The van der Waals surface area contributed by atoms with Crippen LogP contribution in [0.3, 0.4) is 0 Å². The Kier molecular flexibility index (Phi) is 8.54. The van der Waals surface area contributed by atoms with E-state index in [0.717, 1.165) is 32.4 Å². The van der Waals surface area contributed by atoms with E-state index in [0.29, 0.717) is 19.4 Å². The lowest BCUT2D eigenvalue weighted by Gasteiger charge is -2.33. The summed E-state index contributed by atoms with van der Waals surface area (Å²) in [6.45, 7) is 4.12. The molecule has 0 aromatic carbocycles. The Balaban J connectivity index is 2.57. The van der Waals surface area contributed by atoms with Gasteiger partial charge in [-0.1, -0.05) is 12.0 Å². The summed E-state index contributed by atoms with van der Waals surface area (Å²) in [5.41, 5.74) is 2.82. The number of unbranched alkanes of at least 4 members (excludes halogenated alkanes) is 1. The van der Waals surface area contributed by atoms with Crippen molar-refractivity contribution >= 4 is 10.1 Å². The maximum atomic E-state index is 12.3. The van der Waals surface area contributed by atoms with Crippen LogP contribution in [0.1, 0.15) is 45.4 Å². The Bertz CT molecular complexity index is 601. The summed E-state index contributed by atoms with van der Waals surface area (Å²) in [6.07, 6.45) is 5.12. The van der Waals surface area contributed by atoms with E-state index in [2.05, 4.69) is 19.1 Å². The van der Waals surface area contributed by atoms with E-state index in [1.54, 1.807) is 0 Å². The van der Waals surface area contributed by atoms with Gasteiger partial charge >= 0.3 is 15.6 Å². The van der Waals surface area contributed by atoms with Crippen LogP contribution in [-0.2, 0) is 14.3 Å². The van der Waals surface area contributed by atoms with Crippen molar-refractivity contribution in [2.75, 3.05) is 19.6 Å². The van der Waals surface area contributed by atoms with Crippen molar-refractivity contribution in [3.63, 3.8) is 0 Å². The minimum atomic E-state index is -5.59. The molecule has 1 atom stereocenters. The lowest BCUT2D eigenvalue weighted by atomic mass is 9.98. The van der Waals surface area contributed by atoms with Crippen molar-refractivity contribution in [1.82, 2.24) is 4.90 Å². The van der Waals surface area contributed by atoms with Gasteiger partial charge in [0.05, 0.1) is 0 Å². The molecule has 0 heterocycles. The standard InChI is InChI=1S/C14H23F3N4O3S/c1-2-10-21(11-4-3-9-19-20-18)12-5-7-13(8-6-12)24-25(22,23)14(15,16)17/h7,12H,2-6,8-11H2,1H3. The van der Waals surface area contributed by atoms with Crippen LogP contribution in [0.15, 0.2) is 16.9 Å². The van der Waals surface area contributed by atoms with E-state index in [1.165, 1.54) is 6.08 Å². The Labute approximate surface area is 145 Å². The largest absolute Gasteiger partial charge is 0.534 e. The number of hydrogen-bond acceptors (Lipinski definition) is 5. The van der Waals surface area contributed by atoms with Crippen LogP contribution < -0.4 is 0 Å². The molecule has 0 spiro atoms. The van der Waals surface area contributed by atoms with Gasteiger partial charge in [0, 0.05) is 23.9 Å². The van der Waals surface area contributed by atoms with Crippen molar-refractivity contribution in [3.05, 3.63) is 22.3 Å². The number of allylic oxidation sites excluding steroid dienone is 1. The van der Waals surface area contributed by atoms with Crippen LogP contribution in [-0.4, -0.2) is 44.5 Å². The van der Waals surface area contributed by atoms with Gasteiger partial charge in [-0.2, -0.15) is 21.6 Å². The fourth-order valence-corrected chi connectivity index (χ4v) is 3.23. The molecule has 0 aromatic heterocycles. The third kappa shape index (κ3) is 7.13. The number of rotatable bonds is 10. The molecule has 1 unspecified atom stereocenters. The first-order chi connectivity index (χ1) is 11.7. The first-order valence-electron chi connectivity index (χ1n) is 8.16. The smallest absolute Gasteiger partial charge is 0.381 e. The maximum absolute atomic E-state index is 12.3. The fourth-order valence-electron chi connectivity index (χ4n) is 2.70. The molecule has 0 bridgehead atoms. The molecule has 11 heteroatoms. The van der Waals surface area contributed by atoms with Gasteiger partial charge in [-0.15, -0.1) is 0 Å². The van der Waals surface area contributed by atoms with Crippen LogP contribution in [0.5, 0.6) is 0 Å². The van der Waals surface area contributed by atoms with Crippen LogP contribution in [0, 0.1) is 0 Å². The van der Waals surface area contributed by atoms with E-state index in [1.807, 2.05) is 6.92 Å². The first-order valence-corrected chi connectivity index (χ1v) is 9.56. The Morgan fingerprint density at radius 3 is 2.64 bits per heavy atom. The highest BCUT2D eigenvalue weighted by Crippen LogP contribution is 2.31. The van der Waals surface area contributed by atoms with Crippen molar-refractivity contribution in [2.45, 2.75) is 57.0 Å². The van der Waals surface area contributed by atoms with E-state index < -0.39 is 15.6 Å². The van der Waals surface area contributed by atoms with Crippen LogP contribution >= 0.6 is 0 Å². The molecule has 1 aliphatic carbocycles. The second-order valence-electron chi connectivity index (χ2n) is 5.78. The number of azide groups is 1. The predicted octanol–water partition coefficient (Wildman–Crippen LogP) is 4.09. The average Bonchev–Trinajstić information content (AvgIpc) is 2.53. The van der Waals surface area contributed by atoms with Crippen molar-refractivity contribution in [1.29, 1.82) is 0 Å². The summed E-state index contributed by atoms with van der Waals surface area (Å²) in [4.78, 5) is 4.93. The number of alkyl halides is 3. The number of hydrogen-bond donors (Lipinski definition) is 0. The molecule has 0 amide bonds. The van der Waals surface area contributed by atoms with Gasteiger partial charge < -0.3 is 9.08 Å². The third-order valence-electron chi connectivity index (χ3n) is 3.89. The van der Waals surface area contributed by atoms with E-state index in [-0.39, 0.29) is 18.2 Å². The SMILES string of the molecule is CCCN(CCCCN=[N+]=[N-])C1CC=C(OS(=O)(=O)C(F)(F)F)CC1. The second kappa shape index (κ2) is 9.88. The van der Waals surface area contributed by atoms with E-state index in [9.17, 15) is 21.6 Å². The molecule has 0 N–H and O–H groups in total. The third-order valence-corrected chi connectivity index (χ3v) is 4.89. The van der Waals surface area contributed by atoms with E-state index >= 15 is 0 Å². The summed E-state index contributed by atoms with van der Waals surface area (Å²) in [7, 11) is -5.59. The molecule has 0 fully saturated rings. The molecule has 0 radical (unpaired) electrons. The Morgan fingerprint density at radius 1 is 1.40 bits per heavy atom. The van der Waals surface area contributed by atoms with Gasteiger partial charge in [-0.05, 0) is 56.8 Å². The summed E-state index contributed by atoms with van der Waals surface area (Å²) >= 11 is 0. The summed E-state index contributed by atoms with van der Waals surface area (Å²) in [6, 6.07) is 0.139. The van der Waals surface area contributed by atoms with E-state index in [4.69, 9.17) is 5.53 Å². The molecular weight excluding hydrogens is 361 g/mol. The predicted molar refractivity (Wildman–Crippen MR) is 86.9 cm³/mol. The van der Waals surface area contributed by atoms with Crippen LogP contribution in [0.4, 0.5) is 13.2 Å². The van der Waals surface area contributed by atoms with Crippen molar-refractivity contribution in [2.24, 2.45) is 5.11 Å². The summed E-state index contributed by atoms with van der Waals surface area (Å²) in [5, 5.41) is 3.48. The molecule has 7 nitrogen and oxygen atoms in total. The molecule has 0 aliphatic heterocycles. The molecule has 0 saturated heterocycles. The highest BCUT2D eigenvalue weighted by Gasteiger charge is 2.49. The van der Waals surface area contributed by atoms with Gasteiger partial charge in [-0.25, -0.2) is 0 Å². The molecule has 144 valence electrons. The molecule has 1 aliphatic rings. The van der Waals surface area contributed by atoms with Crippen molar-refractivity contribution in [3.8, 4) is 0 Å². The lowest BCUT2D eigenvalue weighted by Crippen LogP contribution is -2.38. The number of nitrogens with zero attached hydrogens (tertiary/aromatic N) is 4. The summed E-state index contributed by atoms with van der Waals surface area (Å²) in [5.74, 6) is -0.145. The minimum absolute atomic E-state index is 0.139. The van der Waals surface area contributed by atoms with Gasteiger partial charge in [0.25, 0.3) is 0 Å². The second-order valence-corrected chi connectivity index (χ2v) is 7.32. The Morgan fingerprint density at radius 2 is 2.12 bits per heavy atom. The maximum Gasteiger partial charge on any atom is 0.534 e. The van der Waals surface area contributed by atoms with Gasteiger partial charge in [-0.3, -0.25) is 0 Å². The average molecular weight is 384 g/mol.